The summed E-state index contributed by atoms with van der Waals surface area (Å²) in [6, 6.07) is 16.0. The number of carbonyl (C=O) groups is 1. The molecule has 0 unspecified atom stereocenters. The fraction of sp³-hybridized carbons (Fsp3) is 0.548. The first-order valence-corrected chi connectivity index (χ1v) is 14.5. The highest BCUT2D eigenvalue weighted by Crippen LogP contribution is 2.19. The summed E-state index contributed by atoms with van der Waals surface area (Å²) in [5, 5.41) is 3.74. The summed E-state index contributed by atoms with van der Waals surface area (Å²) in [4.78, 5) is 17.1. The Balaban J connectivity index is 1.35. The number of para-hydroxylation sites is 2. The predicted octanol–water partition coefficient (Wildman–Crippen LogP) is 8.29. The van der Waals surface area contributed by atoms with E-state index in [2.05, 4.69) is 41.1 Å². The molecule has 0 saturated carbocycles. The number of hydrogen-bond acceptors (Lipinski definition) is 2. The van der Waals surface area contributed by atoms with Gasteiger partial charge in [0, 0.05) is 24.5 Å². The van der Waals surface area contributed by atoms with Crippen LogP contribution in [-0.2, 0) is 24.2 Å². The molecule has 0 aliphatic heterocycles. The van der Waals surface area contributed by atoms with Crippen LogP contribution in [-0.4, -0.2) is 22.0 Å². The van der Waals surface area contributed by atoms with E-state index >= 15 is 0 Å². The second-order valence-electron chi connectivity index (χ2n) is 9.96. The van der Waals surface area contributed by atoms with E-state index in [9.17, 15) is 4.79 Å². The lowest BCUT2D eigenvalue weighted by atomic mass is 10.1. The van der Waals surface area contributed by atoms with Crippen LogP contribution in [0, 0.1) is 0 Å². The minimum absolute atomic E-state index is 0.0695. The lowest BCUT2D eigenvalue weighted by molar-refractivity contribution is -0.120. The van der Waals surface area contributed by atoms with Crippen molar-refractivity contribution >= 4 is 28.5 Å². The van der Waals surface area contributed by atoms with Crippen LogP contribution >= 0.6 is 11.6 Å². The smallest absolute Gasteiger partial charge is 0.224 e. The zero-order valence-electron chi connectivity index (χ0n) is 22.1. The van der Waals surface area contributed by atoms with Crippen LogP contribution in [0.5, 0.6) is 0 Å². The van der Waals surface area contributed by atoms with Crippen molar-refractivity contribution in [3.05, 3.63) is 64.9 Å². The van der Waals surface area contributed by atoms with E-state index in [1.165, 1.54) is 69.1 Å². The molecule has 0 bridgehead atoms. The SMILES string of the molecule is CCCCCCCCCCCn1c(CCCCCNC(=O)Cc2ccc(Cl)cc2)nc2ccccc21. The summed E-state index contributed by atoms with van der Waals surface area (Å²) in [6.07, 6.45) is 16.7. The number of aromatic nitrogens is 2. The number of benzene rings is 2. The van der Waals surface area contributed by atoms with Gasteiger partial charge < -0.3 is 9.88 Å². The van der Waals surface area contributed by atoms with Crippen LogP contribution < -0.4 is 5.32 Å². The number of imidazole rings is 1. The maximum atomic E-state index is 12.2. The van der Waals surface area contributed by atoms with E-state index in [1.54, 1.807) is 0 Å². The highest BCUT2D eigenvalue weighted by molar-refractivity contribution is 6.30. The number of halogens is 1. The lowest BCUT2D eigenvalue weighted by Crippen LogP contribution is -2.26. The minimum Gasteiger partial charge on any atom is -0.356 e. The van der Waals surface area contributed by atoms with Crippen LogP contribution in [0.2, 0.25) is 5.02 Å². The monoisotopic (exact) mass is 509 g/mol. The molecule has 2 aromatic carbocycles. The van der Waals surface area contributed by atoms with Gasteiger partial charge in [-0.1, -0.05) is 101 Å². The van der Waals surface area contributed by atoms with E-state index < -0.39 is 0 Å². The maximum Gasteiger partial charge on any atom is 0.224 e. The van der Waals surface area contributed by atoms with E-state index in [0.29, 0.717) is 11.4 Å². The van der Waals surface area contributed by atoms with Gasteiger partial charge in [-0.05, 0) is 49.1 Å². The van der Waals surface area contributed by atoms with Gasteiger partial charge in [-0.2, -0.15) is 0 Å². The molecule has 0 fully saturated rings. The highest BCUT2D eigenvalue weighted by Gasteiger charge is 2.10. The number of amides is 1. The molecule has 3 aromatic rings. The second-order valence-corrected chi connectivity index (χ2v) is 10.4. The number of nitrogens with one attached hydrogen (secondary N) is 1. The average Bonchev–Trinajstić information content (AvgIpc) is 3.23. The Labute approximate surface area is 222 Å². The molecule has 0 aliphatic carbocycles. The Morgan fingerprint density at radius 3 is 2.25 bits per heavy atom. The van der Waals surface area contributed by atoms with Crippen LogP contribution in [0.25, 0.3) is 11.0 Å². The Bertz CT molecular complexity index is 1030. The summed E-state index contributed by atoms with van der Waals surface area (Å²) in [7, 11) is 0. The number of rotatable bonds is 18. The molecule has 196 valence electrons. The fourth-order valence-electron chi connectivity index (χ4n) is 4.81. The summed E-state index contributed by atoms with van der Waals surface area (Å²) in [5.74, 6) is 1.28. The molecule has 4 nitrogen and oxygen atoms in total. The van der Waals surface area contributed by atoms with Crippen molar-refractivity contribution in [1.82, 2.24) is 14.9 Å². The second kappa shape index (κ2) is 16.4. The summed E-state index contributed by atoms with van der Waals surface area (Å²) in [6.45, 7) is 4.06. The maximum absolute atomic E-state index is 12.2. The molecule has 1 amide bonds. The number of nitrogens with zero attached hydrogens (tertiary/aromatic N) is 2. The third-order valence-corrected chi connectivity index (χ3v) is 7.15. The number of hydrogen-bond donors (Lipinski definition) is 1. The highest BCUT2D eigenvalue weighted by atomic mass is 35.5. The molecule has 5 heteroatoms. The van der Waals surface area contributed by atoms with Crippen molar-refractivity contribution in [2.24, 2.45) is 0 Å². The third-order valence-electron chi connectivity index (χ3n) is 6.90. The summed E-state index contributed by atoms with van der Waals surface area (Å²) >= 11 is 5.91. The molecule has 3 rings (SSSR count). The van der Waals surface area contributed by atoms with Crippen LogP contribution in [0.15, 0.2) is 48.5 Å². The van der Waals surface area contributed by atoms with Gasteiger partial charge in [0.05, 0.1) is 17.5 Å². The first-order chi connectivity index (χ1) is 17.7. The molecule has 0 radical (unpaired) electrons. The molecular weight excluding hydrogens is 466 g/mol. The number of aryl methyl sites for hydroxylation is 2. The van der Waals surface area contributed by atoms with E-state index in [0.717, 1.165) is 49.9 Å². The average molecular weight is 510 g/mol. The molecule has 0 aliphatic rings. The third kappa shape index (κ3) is 9.97. The molecule has 0 atom stereocenters. The van der Waals surface area contributed by atoms with Gasteiger partial charge in [0.1, 0.15) is 5.82 Å². The van der Waals surface area contributed by atoms with Gasteiger partial charge >= 0.3 is 0 Å². The van der Waals surface area contributed by atoms with Crippen molar-refractivity contribution < 1.29 is 4.79 Å². The van der Waals surface area contributed by atoms with Crippen molar-refractivity contribution in [3.63, 3.8) is 0 Å². The number of carbonyl (C=O) groups excluding carboxylic acids is 1. The Morgan fingerprint density at radius 2 is 1.50 bits per heavy atom. The van der Waals surface area contributed by atoms with Crippen LogP contribution in [0.4, 0.5) is 0 Å². The molecule has 1 heterocycles. The normalized spacial score (nSPS) is 11.3. The van der Waals surface area contributed by atoms with Crippen LogP contribution in [0.3, 0.4) is 0 Å². The topological polar surface area (TPSA) is 46.9 Å². The lowest BCUT2D eigenvalue weighted by Gasteiger charge is -2.10. The summed E-state index contributed by atoms with van der Waals surface area (Å²) < 4.78 is 2.45. The molecule has 1 N–H and O–H groups in total. The van der Waals surface area contributed by atoms with Gasteiger partial charge in [-0.25, -0.2) is 4.98 Å². The largest absolute Gasteiger partial charge is 0.356 e. The first-order valence-electron chi connectivity index (χ1n) is 14.1. The zero-order chi connectivity index (χ0) is 25.4. The van der Waals surface area contributed by atoms with E-state index in [1.807, 2.05) is 24.3 Å². The predicted molar refractivity (Wildman–Crippen MR) is 153 cm³/mol. The Hall–Kier alpha value is -2.33. The minimum atomic E-state index is 0.0695. The van der Waals surface area contributed by atoms with Gasteiger partial charge in [0.25, 0.3) is 0 Å². The standard InChI is InChI=1S/C31H44ClN3O/c1-2-3-4-5-6-7-8-9-15-24-35-29-17-13-12-16-28(29)34-30(35)18-11-10-14-23-33-31(36)25-26-19-21-27(32)22-20-26/h12-13,16-17,19-22H,2-11,14-15,18,23-25H2,1H3,(H,33,36). The molecular formula is C31H44ClN3O. The van der Waals surface area contributed by atoms with Crippen molar-refractivity contribution in [2.45, 2.75) is 103 Å². The van der Waals surface area contributed by atoms with Crippen LogP contribution in [0.1, 0.15) is 95.4 Å². The first kappa shape index (κ1) is 28.2. The number of fused-ring (bicyclic) bond motifs is 1. The van der Waals surface area contributed by atoms with Crippen molar-refractivity contribution in [3.8, 4) is 0 Å². The zero-order valence-corrected chi connectivity index (χ0v) is 22.9. The van der Waals surface area contributed by atoms with Gasteiger partial charge in [0.2, 0.25) is 5.91 Å². The van der Waals surface area contributed by atoms with E-state index in [4.69, 9.17) is 16.6 Å². The Kier molecular flexibility index (Phi) is 12.9. The summed E-state index contributed by atoms with van der Waals surface area (Å²) in [5.41, 5.74) is 3.36. The van der Waals surface area contributed by atoms with Gasteiger partial charge in [0.15, 0.2) is 0 Å². The van der Waals surface area contributed by atoms with E-state index in [-0.39, 0.29) is 5.91 Å². The fourth-order valence-corrected chi connectivity index (χ4v) is 4.94. The molecule has 36 heavy (non-hydrogen) atoms. The van der Waals surface area contributed by atoms with Gasteiger partial charge in [-0.3, -0.25) is 4.79 Å². The Morgan fingerprint density at radius 1 is 0.833 bits per heavy atom. The van der Waals surface area contributed by atoms with Crippen molar-refractivity contribution in [1.29, 1.82) is 0 Å². The molecule has 0 saturated heterocycles. The molecule has 0 spiro atoms. The molecule has 1 aromatic heterocycles. The van der Waals surface area contributed by atoms with Crippen molar-refractivity contribution in [2.75, 3.05) is 6.54 Å². The quantitative estimate of drug-likeness (QED) is 0.175. The van der Waals surface area contributed by atoms with Gasteiger partial charge in [-0.15, -0.1) is 0 Å². The number of unbranched alkanes of at least 4 members (excludes halogenated alkanes) is 10.